The van der Waals surface area contributed by atoms with E-state index in [1.807, 2.05) is 0 Å². The second kappa shape index (κ2) is 5.53. The predicted molar refractivity (Wildman–Crippen MR) is 75.9 cm³/mol. The second-order valence-electron chi connectivity index (χ2n) is 5.12. The molecule has 0 bridgehead atoms. The van der Waals surface area contributed by atoms with E-state index in [4.69, 9.17) is 4.74 Å². The van der Waals surface area contributed by atoms with Crippen LogP contribution in [0.15, 0.2) is 12.1 Å². The Morgan fingerprint density at radius 2 is 1.82 bits per heavy atom. The smallest absolute Gasteiger partial charge is 0.0741 e. The van der Waals surface area contributed by atoms with E-state index in [2.05, 4.69) is 48.8 Å². The van der Waals surface area contributed by atoms with Crippen LogP contribution in [0.1, 0.15) is 46.3 Å². The number of hydrogen-bond donors (Lipinski definition) is 0. The van der Waals surface area contributed by atoms with E-state index >= 15 is 0 Å². The number of rotatable bonds is 2. The summed E-state index contributed by atoms with van der Waals surface area (Å²) in [7, 11) is 0. The lowest BCUT2D eigenvalue weighted by Gasteiger charge is -2.29. The van der Waals surface area contributed by atoms with Gasteiger partial charge in [-0.05, 0) is 56.7 Å². The van der Waals surface area contributed by atoms with Crippen LogP contribution in [-0.2, 0) is 4.74 Å². The van der Waals surface area contributed by atoms with Crippen LogP contribution in [0.5, 0.6) is 0 Å². The normalized spacial score (nSPS) is 22.5. The second-order valence-corrected chi connectivity index (χ2v) is 6.11. The quantitative estimate of drug-likeness (QED) is 0.724. The molecule has 0 aliphatic carbocycles. The van der Waals surface area contributed by atoms with Crippen molar-refractivity contribution in [2.45, 2.75) is 51.0 Å². The molecule has 1 fully saturated rings. The molecule has 1 aliphatic rings. The maximum Gasteiger partial charge on any atom is 0.0741 e. The van der Waals surface area contributed by atoms with Crippen molar-refractivity contribution in [1.82, 2.24) is 0 Å². The van der Waals surface area contributed by atoms with Gasteiger partial charge in [0.15, 0.2) is 0 Å². The summed E-state index contributed by atoms with van der Waals surface area (Å²) >= 11 is 3.85. The van der Waals surface area contributed by atoms with Gasteiger partial charge in [-0.25, -0.2) is 0 Å². The van der Waals surface area contributed by atoms with E-state index in [1.54, 1.807) is 0 Å². The molecule has 0 amide bonds. The highest BCUT2D eigenvalue weighted by molar-refractivity contribution is 9.09. The number of benzene rings is 1. The largest absolute Gasteiger partial charge is 0.377 e. The Balaban J connectivity index is 2.26. The first-order chi connectivity index (χ1) is 8.09. The molecule has 0 aromatic heterocycles. The highest BCUT2D eigenvalue weighted by Crippen LogP contribution is 2.37. The average molecular weight is 297 g/mol. The summed E-state index contributed by atoms with van der Waals surface area (Å²) in [6, 6.07) is 4.53. The van der Waals surface area contributed by atoms with Crippen molar-refractivity contribution >= 4 is 15.9 Å². The van der Waals surface area contributed by atoms with E-state index in [0.717, 1.165) is 6.61 Å². The zero-order chi connectivity index (χ0) is 12.4. The number of alkyl halides is 1. The van der Waals surface area contributed by atoms with Gasteiger partial charge in [0.05, 0.1) is 10.9 Å². The summed E-state index contributed by atoms with van der Waals surface area (Å²) in [6.07, 6.45) is 4.01. The van der Waals surface area contributed by atoms with E-state index in [-0.39, 0.29) is 0 Å². The lowest BCUT2D eigenvalue weighted by molar-refractivity contribution is 0.0159. The minimum Gasteiger partial charge on any atom is -0.377 e. The molecule has 2 atom stereocenters. The summed E-state index contributed by atoms with van der Waals surface area (Å²) in [5.41, 5.74) is 5.51. The molecule has 0 radical (unpaired) electrons. The van der Waals surface area contributed by atoms with Crippen LogP contribution in [0.2, 0.25) is 0 Å². The molecule has 0 saturated carbocycles. The zero-order valence-electron chi connectivity index (χ0n) is 10.9. The van der Waals surface area contributed by atoms with Crippen LogP contribution < -0.4 is 0 Å². The summed E-state index contributed by atoms with van der Waals surface area (Å²) in [5.74, 6) is 0. The molecule has 17 heavy (non-hydrogen) atoms. The Hall–Kier alpha value is -0.340. The number of aryl methyl sites for hydroxylation is 3. The summed E-state index contributed by atoms with van der Waals surface area (Å²) in [5, 5.41) is 0. The predicted octanol–water partition coefficient (Wildman–Crippen LogP) is 4.62. The van der Waals surface area contributed by atoms with E-state index in [9.17, 15) is 0 Å². The monoisotopic (exact) mass is 296 g/mol. The van der Waals surface area contributed by atoms with E-state index in [0.29, 0.717) is 10.9 Å². The lowest BCUT2D eigenvalue weighted by Crippen LogP contribution is -2.24. The Labute approximate surface area is 113 Å². The van der Waals surface area contributed by atoms with E-state index in [1.165, 1.54) is 41.5 Å². The molecule has 2 rings (SSSR count). The molecule has 2 heteroatoms. The van der Waals surface area contributed by atoms with Crippen molar-refractivity contribution in [3.8, 4) is 0 Å². The third-order valence-corrected chi connectivity index (χ3v) is 4.60. The molecular formula is C15H21BrO. The standard InChI is InChI=1S/C15H21BrO/c1-10-8-11(2)14(12(3)9-10)15(16)13-6-4-5-7-17-13/h8-9,13,15H,4-7H2,1-3H3. The fraction of sp³-hybridized carbons (Fsp3) is 0.600. The molecule has 1 saturated heterocycles. The van der Waals surface area contributed by atoms with E-state index < -0.39 is 0 Å². The van der Waals surface area contributed by atoms with Crippen LogP contribution in [-0.4, -0.2) is 12.7 Å². The van der Waals surface area contributed by atoms with Crippen LogP contribution in [0.3, 0.4) is 0 Å². The van der Waals surface area contributed by atoms with Gasteiger partial charge in [0.25, 0.3) is 0 Å². The van der Waals surface area contributed by atoms with Crippen LogP contribution >= 0.6 is 15.9 Å². The topological polar surface area (TPSA) is 9.23 Å². The van der Waals surface area contributed by atoms with Crippen molar-refractivity contribution in [2.24, 2.45) is 0 Å². The van der Waals surface area contributed by atoms with Crippen LogP contribution in [0, 0.1) is 20.8 Å². The fourth-order valence-corrected chi connectivity index (χ4v) is 3.95. The Morgan fingerprint density at radius 3 is 2.35 bits per heavy atom. The minimum atomic E-state index is 0.336. The van der Waals surface area contributed by atoms with Crippen molar-refractivity contribution in [3.05, 3.63) is 34.4 Å². The van der Waals surface area contributed by atoms with Gasteiger partial charge < -0.3 is 4.74 Å². The molecule has 2 unspecified atom stereocenters. The molecule has 0 N–H and O–H groups in total. The van der Waals surface area contributed by atoms with Gasteiger partial charge in [0.2, 0.25) is 0 Å². The first kappa shape index (κ1) is 13.1. The van der Waals surface area contributed by atoms with Gasteiger partial charge in [-0.15, -0.1) is 0 Å². The SMILES string of the molecule is Cc1cc(C)c(C(Br)C2CCCCO2)c(C)c1. The van der Waals surface area contributed by atoms with Crippen LogP contribution in [0.4, 0.5) is 0 Å². The summed E-state index contributed by atoms with van der Waals surface area (Å²) in [4.78, 5) is 0.336. The van der Waals surface area contributed by atoms with Gasteiger partial charge in [0, 0.05) is 6.61 Å². The highest BCUT2D eigenvalue weighted by Gasteiger charge is 2.25. The Bertz CT molecular complexity index is 371. The molecule has 1 aliphatic heterocycles. The Morgan fingerprint density at radius 1 is 1.18 bits per heavy atom. The van der Waals surface area contributed by atoms with Crippen molar-refractivity contribution < 1.29 is 4.74 Å². The molecule has 94 valence electrons. The number of ether oxygens (including phenoxy) is 1. The van der Waals surface area contributed by atoms with Gasteiger partial charge >= 0.3 is 0 Å². The van der Waals surface area contributed by atoms with Crippen molar-refractivity contribution in [2.75, 3.05) is 6.61 Å². The van der Waals surface area contributed by atoms with Crippen molar-refractivity contribution in [3.63, 3.8) is 0 Å². The molecule has 0 spiro atoms. The lowest BCUT2D eigenvalue weighted by atomic mass is 9.93. The summed E-state index contributed by atoms with van der Waals surface area (Å²) < 4.78 is 5.89. The fourth-order valence-electron chi connectivity index (χ4n) is 2.81. The van der Waals surface area contributed by atoms with Gasteiger partial charge in [-0.2, -0.15) is 0 Å². The van der Waals surface area contributed by atoms with Gasteiger partial charge in [0.1, 0.15) is 0 Å². The third kappa shape index (κ3) is 2.92. The first-order valence-electron chi connectivity index (χ1n) is 6.43. The van der Waals surface area contributed by atoms with Gasteiger partial charge in [-0.3, -0.25) is 0 Å². The van der Waals surface area contributed by atoms with Crippen molar-refractivity contribution in [1.29, 1.82) is 0 Å². The number of hydrogen-bond acceptors (Lipinski definition) is 1. The maximum absolute atomic E-state index is 5.89. The maximum atomic E-state index is 5.89. The molecule has 1 aromatic rings. The highest BCUT2D eigenvalue weighted by atomic mass is 79.9. The third-order valence-electron chi connectivity index (χ3n) is 3.56. The zero-order valence-corrected chi connectivity index (χ0v) is 12.5. The molecule has 1 nitrogen and oxygen atoms in total. The molecule has 1 aromatic carbocycles. The first-order valence-corrected chi connectivity index (χ1v) is 7.34. The number of halogens is 1. The van der Waals surface area contributed by atoms with Gasteiger partial charge in [-0.1, -0.05) is 33.6 Å². The Kier molecular flexibility index (Phi) is 4.26. The summed E-state index contributed by atoms with van der Waals surface area (Å²) in [6.45, 7) is 7.47. The molecule has 1 heterocycles. The average Bonchev–Trinajstić information content (AvgIpc) is 2.28. The minimum absolute atomic E-state index is 0.336. The molecular weight excluding hydrogens is 276 g/mol. The van der Waals surface area contributed by atoms with Crippen LogP contribution in [0.25, 0.3) is 0 Å².